The number of carbonyl (C=O) groups excluding carboxylic acids is 1. The summed E-state index contributed by atoms with van der Waals surface area (Å²) in [7, 11) is 0. The molecule has 0 bridgehead atoms. The second-order valence-corrected chi connectivity index (χ2v) is 12.2. The molecule has 0 aromatic heterocycles. The minimum absolute atomic E-state index is 0.0929. The number of allylic oxidation sites excluding steroid dienone is 13. The molecular weight excluding hydrogens is 566 g/mol. The number of carbonyl (C=O) groups is 1. The van der Waals surface area contributed by atoms with Gasteiger partial charge in [0.2, 0.25) is 5.91 Å². The summed E-state index contributed by atoms with van der Waals surface area (Å²) in [5.41, 5.74) is 0. The average molecular weight is 638 g/mol. The van der Waals surface area contributed by atoms with E-state index >= 15 is 0 Å². The quantitative estimate of drug-likeness (QED) is 0.0508. The molecule has 0 saturated heterocycles. The van der Waals surface area contributed by atoms with Gasteiger partial charge in [-0.25, -0.2) is 0 Å². The smallest absolute Gasteiger partial charge is 0.220 e. The number of aliphatic hydroxyl groups is 2. The molecule has 262 valence electrons. The van der Waals surface area contributed by atoms with Gasteiger partial charge in [-0.2, -0.15) is 0 Å². The van der Waals surface area contributed by atoms with Crippen LogP contribution in [0.15, 0.2) is 85.1 Å². The Labute approximate surface area is 284 Å². The summed E-state index contributed by atoms with van der Waals surface area (Å²) < 4.78 is 0. The molecule has 2 atom stereocenters. The lowest BCUT2D eigenvalue weighted by atomic mass is 10.1. The van der Waals surface area contributed by atoms with Crippen LogP contribution in [0.25, 0.3) is 0 Å². The minimum atomic E-state index is -0.876. The van der Waals surface area contributed by atoms with Crippen LogP contribution in [-0.4, -0.2) is 34.9 Å². The van der Waals surface area contributed by atoms with Gasteiger partial charge in [0, 0.05) is 6.42 Å². The first-order valence-electron chi connectivity index (χ1n) is 18.8. The van der Waals surface area contributed by atoms with E-state index in [1.807, 2.05) is 6.08 Å². The molecule has 46 heavy (non-hydrogen) atoms. The van der Waals surface area contributed by atoms with E-state index < -0.39 is 12.1 Å². The van der Waals surface area contributed by atoms with Crippen LogP contribution in [0.4, 0.5) is 0 Å². The summed E-state index contributed by atoms with van der Waals surface area (Å²) in [5, 5.41) is 22.8. The number of aliphatic hydroxyl groups excluding tert-OH is 2. The van der Waals surface area contributed by atoms with Gasteiger partial charge in [0.15, 0.2) is 0 Å². The topological polar surface area (TPSA) is 69.6 Å². The highest BCUT2D eigenvalue weighted by Crippen LogP contribution is 2.11. The Kier molecular flexibility index (Phi) is 35.1. The van der Waals surface area contributed by atoms with Gasteiger partial charge in [0.25, 0.3) is 0 Å². The van der Waals surface area contributed by atoms with E-state index in [0.29, 0.717) is 6.42 Å². The maximum atomic E-state index is 12.3. The lowest BCUT2D eigenvalue weighted by Gasteiger charge is -2.19. The molecule has 0 rings (SSSR count). The summed E-state index contributed by atoms with van der Waals surface area (Å²) in [6, 6.07) is -0.653. The van der Waals surface area contributed by atoms with Crippen LogP contribution in [0, 0.1) is 0 Å². The molecule has 4 heteroatoms. The molecule has 0 heterocycles. The molecule has 0 saturated carbocycles. The number of amides is 1. The molecule has 0 aromatic rings. The Balaban J connectivity index is 3.71. The summed E-state index contributed by atoms with van der Waals surface area (Å²) in [4.78, 5) is 12.3. The second-order valence-electron chi connectivity index (χ2n) is 12.2. The fraction of sp³-hybridized carbons (Fsp3) is 0.643. The van der Waals surface area contributed by atoms with Crippen LogP contribution in [0.5, 0.6) is 0 Å². The average Bonchev–Trinajstić information content (AvgIpc) is 3.06. The molecule has 1 amide bonds. The van der Waals surface area contributed by atoms with E-state index in [1.54, 1.807) is 6.08 Å². The Morgan fingerprint density at radius 2 is 0.978 bits per heavy atom. The highest BCUT2D eigenvalue weighted by molar-refractivity contribution is 5.76. The van der Waals surface area contributed by atoms with Gasteiger partial charge in [-0.3, -0.25) is 4.79 Å². The highest BCUT2D eigenvalue weighted by Gasteiger charge is 2.17. The van der Waals surface area contributed by atoms with Crippen molar-refractivity contribution in [3.63, 3.8) is 0 Å². The molecule has 0 radical (unpaired) electrons. The third kappa shape index (κ3) is 32.9. The Bertz CT molecular complexity index is 864. The number of rotatable bonds is 32. The molecule has 0 spiro atoms. The van der Waals surface area contributed by atoms with Crippen molar-refractivity contribution in [1.82, 2.24) is 5.32 Å². The van der Waals surface area contributed by atoms with Gasteiger partial charge < -0.3 is 15.5 Å². The summed E-state index contributed by atoms with van der Waals surface area (Å²) in [6.07, 6.45) is 53.8. The van der Waals surface area contributed by atoms with Crippen molar-refractivity contribution in [2.75, 3.05) is 6.61 Å². The Hall–Kier alpha value is -2.43. The maximum Gasteiger partial charge on any atom is 0.220 e. The predicted octanol–water partition coefficient (Wildman–Crippen LogP) is 11.3. The van der Waals surface area contributed by atoms with Gasteiger partial charge in [-0.1, -0.05) is 150 Å². The van der Waals surface area contributed by atoms with Crippen LogP contribution >= 0.6 is 0 Å². The fourth-order valence-electron chi connectivity index (χ4n) is 4.96. The summed E-state index contributed by atoms with van der Waals surface area (Å²) in [5.74, 6) is -0.0929. The van der Waals surface area contributed by atoms with E-state index in [4.69, 9.17) is 0 Å². The minimum Gasteiger partial charge on any atom is -0.394 e. The third-order valence-corrected chi connectivity index (χ3v) is 7.84. The van der Waals surface area contributed by atoms with E-state index in [0.717, 1.165) is 70.6 Å². The van der Waals surface area contributed by atoms with Crippen molar-refractivity contribution in [1.29, 1.82) is 0 Å². The van der Waals surface area contributed by atoms with E-state index in [9.17, 15) is 15.0 Å². The normalized spacial score (nSPS) is 14.1. The molecule has 0 fully saturated rings. The molecule has 3 N–H and O–H groups in total. The highest BCUT2D eigenvalue weighted by atomic mass is 16.3. The maximum absolute atomic E-state index is 12.3. The van der Waals surface area contributed by atoms with E-state index in [-0.39, 0.29) is 12.5 Å². The number of hydrogen-bond acceptors (Lipinski definition) is 3. The van der Waals surface area contributed by atoms with Gasteiger partial charge in [-0.05, 0) is 83.5 Å². The number of nitrogens with one attached hydrogen (secondary N) is 1. The van der Waals surface area contributed by atoms with Gasteiger partial charge in [-0.15, -0.1) is 0 Å². The first-order chi connectivity index (χ1) is 22.7. The Morgan fingerprint density at radius 3 is 1.52 bits per heavy atom. The SMILES string of the molecule is CC/C=C\C/C=C\C/C=C\C/C=C\CCCCCCCCCCC(=O)NC(CO)C(O)/C=C/CC/C=C/CC/C=C/CCCCC. The van der Waals surface area contributed by atoms with Crippen LogP contribution < -0.4 is 5.32 Å². The Morgan fingerprint density at radius 1 is 0.543 bits per heavy atom. The van der Waals surface area contributed by atoms with Gasteiger partial charge >= 0.3 is 0 Å². The molecule has 0 aliphatic rings. The molecule has 2 unspecified atom stereocenters. The van der Waals surface area contributed by atoms with Crippen LogP contribution in [0.3, 0.4) is 0 Å². The van der Waals surface area contributed by atoms with Crippen molar-refractivity contribution in [3.8, 4) is 0 Å². The van der Waals surface area contributed by atoms with Gasteiger partial charge in [0.05, 0.1) is 18.8 Å². The van der Waals surface area contributed by atoms with Crippen LogP contribution in [0.2, 0.25) is 0 Å². The lowest BCUT2D eigenvalue weighted by molar-refractivity contribution is -0.123. The number of unbranched alkanes of at least 4 members (excludes halogenated alkanes) is 13. The monoisotopic (exact) mass is 638 g/mol. The summed E-state index contributed by atoms with van der Waals surface area (Å²) in [6.45, 7) is 4.12. The molecular formula is C42H71NO3. The zero-order chi connectivity index (χ0) is 33.6. The predicted molar refractivity (Wildman–Crippen MR) is 202 cm³/mol. The van der Waals surface area contributed by atoms with Crippen molar-refractivity contribution >= 4 is 5.91 Å². The zero-order valence-electron chi connectivity index (χ0n) is 29.8. The van der Waals surface area contributed by atoms with Crippen molar-refractivity contribution < 1.29 is 15.0 Å². The second kappa shape index (κ2) is 37.0. The van der Waals surface area contributed by atoms with Crippen molar-refractivity contribution in [2.24, 2.45) is 0 Å². The number of hydrogen-bond donors (Lipinski definition) is 3. The molecule has 0 aromatic carbocycles. The molecule has 0 aliphatic heterocycles. The summed E-state index contributed by atoms with van der Waals surface area (Å²) >= 11 is 0. The fourth-order valence-corrected chi connectivity index (χ4v) is 4.96. The van der Waals surface area contributed by atoms with Crippen LogP contribution in [-0.2, 0) is 4.79 Å². The molecule has 0 aliphatic carbocycles. The standard InChI is InChI=1S/C42H71NO3/c1-3-5-7-9-11-13-15-17-18-19-20-21-22-23-24-26-28-30-32-34-36-38-42(46)43-40(39-44)41(45)37-35-33-31-29-27-25-16-14-12-10-8-6-4-2/h5,7,11-14,17-18,20-21,27,29,35,37,40-41,44-45H,3-4,6,8-10,15-16,19,22-26,28,30-34,36,38-39H2,1-2H3,(H,43,46)/b7-5-,13-11-,14-12+,18-17-,21-20-,29-27+,37-35+. The van der Waals surface area contributed by atoms with E-state index in [1.165, 1.54) is 64.2 Å². The molecule has 4 nitrogen and oxygen atoms in total. The first kappa shape index (κ1) is 43.6. The van der Waals surface area contributed by atoms with Crippen molar-refractivity contribution in [2.45, 2.75) is 167 Å². The van der Waals surface area contributed by atoms with Gasteiger partial charge in [0.1, 0.15) is 0 Å². The zero-order valence-corrected chi connectivity index (χ0v) is 29.8. The largest absolute Gasteiger partial charge is 0.394 e. The van der Waals surface area contributed by atoms with E-state index in [2.05, 4.69) is 92.1 Å². The van der Waals surface area contributed by atoms with Crippen molar-refractivity contribution in [3.05, 3.63) is 85.1 Å². The first-order valence-corrected chi connectivity index (χ1v) is 18.8. The van der Waals surface area contributed by atoms with Crippen LogP contribution in [0.1, 0.15) is 155 Å². The third-order valence-electron chi connectivity index (χ3n) is 7.84. The lowest BCUT2D eigenvalue weighted by Crippen LogP contribution is -2.45.